The largest absolute Gasteiger partial charge is 0.490 e. The molecular formula is C34H51N3O6. The molecule has 0 unspecified atom stereocenters. The number of carbonyl (C=O) groups excluding carboxylic acids is 1. The summed E-state index contributed by atoms with van der Waals surface area (Å²) in [6, 6.07) is 15.3. The minimum atomic E-state index is -0.508. The van der Waals surface area contributed by atoms with Gasteiger partial charge in [0.05, 0.1) is 38.2 Å². The lowest BCUT2D eigenvalue weighted by Gasteiger charge is -2.40. The second-order valence-corrected chi connectivity index (χ2v) is 12.3. The molecule has 2 heterocycles. The van der Waals surface area contributed by atoms with E-state index in [9.17, 15) is 4.79 Å². The lowest BCUT2D eigenvalue weighted by molar-refractivity contribution is -0.130. The summed E-state index contributed by atoms with van der Waals surface area (Å²) in [7, 11) is 5.10. The second kappa shape index (κ2) is 16.4. The molecule has 2 aromatic rings. The summed E-state index contributed by atoms with van der Waals surface area (Å²) in [6.07, 6.45) is 2.59. The molecule has 0 radical (unpaired) electrons. The molecule has 2 aliphatic rings. The maximum absolute atomic E-state index is 12.9. The van der Waals surface area contributed by atoms with Crippen LogP contribution in [0.15, 0.2) is 42.5 Å². The van der Waals surface area contributed by atoms with Crippen molar-refractivity contribution in [3.63, 3.8) is 0 Å². The number of methoxy groups -OCH3 is 3. The number of rotatable bonds is 16. The Kier molecular flexibility index (Phi) is 12.7. The Morgan fingerprint density at radius 1 is 1.02 bits per heavy atom. The number of carbonyl (C=O) groups is 1. The molecule has 0 bridgehead atoms. The Morgan fingerprint density at radius 3 is 2.53 bits per heavy atom. The van der Waals surface area contributed by atoms with Gasteiger partial charge in [0.15, 0.2) is 0 Å². The molecule has 238 valence electrons. The minimum absolute atomic E-state index is 0.00625. The smallest absolute Gasteiger partial charge is 0.225 e. The number of hydrogen-bond donors (Lipinski definition) is 2. The van der Waals surface area contributed by atoms with Crippen molar-refractivity contribution in [1.82, 2.24) is 10.6 Å². The number of nitrogens with zero attached hydrogens (tertiary/aromatic N) is 1. The van der Waals surface area contributed by atoms with Crippen LogP contribution in [0.2, 0.25) is 0 Å². The van der Waals surface area contributed by atoms with Crippen LogP contribution >= 0.6 is 0 Å². The van der Waals surface area contributed by atoms with Gasteiger partial charge in [0.1, 0.15) is 12.4 Å². The Morgan fingerprint density at radius 2 is 1.79 bits per heavy atom. The number of fused-ring (bicyclic) bond motifs is 1. The van der Waals surface area contributed by atoms with E-state index < -0.39 is 5.41 Å². The van der Waals surface area contributed by atoms with Crippen molar-refractivity contribution in [3.05, 3.63) is 59.2 Å². The zero-order valence-corrected chi connectivity index (χ0v) is 26.7. The number of piperidine rings is 1. The van der Waals surface area contributed by atoms with Crippen LogP contribution in [0, 0.1) is 5.41 Å². The highest BCUT2D eigenvalue weighted by molar-refractivity contribution is 5.81. The van der Waals surface area contributed by atoms with Gasteiger partial charge in [0, 0.05) is 64.9 Å². The van der Waals surface area contributed by atoms with E-state index in [0.717, 1.165) is 61.5 Å². The molecular weight excluding hydrogens is 546 g/mol. The number of nitrogens with one attached hydrogen (secondary N) is 2. The number of amides is 1. The molecule has 0 spiro atoms. The summed E-state index contributed by atoms with van der Waals surface area (Å²) in [4.78, 5) is 15.3. The van der Waals surface area contributed by atoms with Gasteiger partial charge >= 0.3 is 0 Å². The first-order valence-electron chi connectivity index (χ1n) is 15.5. The third-order valence-corrected chi connectivity index (χ3v) is 8.50. The first-order valence-corrected chi connectivity index (χ1v) is 15.5. The van der Waals surface area contributed by atoms with E-state index in [-0.39, 0.29) is 24.0 Å². The maximum Gasteiger partial charge on any atom is 0.225 e. The Bertz CT molecular complexity index is 1140. The zero-order valence-electron chi connectivity index (χ0n) is 26.7. The minimum Gasteiger partial charge on any atom is -0.490 e. The predicted molar refractivity (Wildman–Crippen MR) is 169 cm³/mol. The summed E-state index contributed by atoms with van der Waals surface area (Å²) in [6.45, 7) is 10.1. The highest BCUT2D eigenvalue weighted by Gasteiger charge is 2.37. The van der Waals surface area contributed by atoms with E-state index in [1.807, 2.05) is 13.8 Å². The lowest BCUT2D eigenvalue weighted by Crippen LogP contribution is -2.50. The molecule has 1 saturated heterocycles. The summed E-state index contributed by atoms with van der Waals surface area (Å²) in [5.74, 6) is 1.18. The fourth-order valence-electron chi connectivity index (χ4n) is 6.13. The van der Waals surface area contributed by atoms with E-state index in [2.05, 4.69) is 58.0 Å². The maximum atomic E-state index is 12.9. The van der Waals surface area contributed by atoms with Crippen LogP contribution in [0.4, 0.5) is 5.69 Å². The number of benzene rings is 2. The topological polar surface area (TPSA) is 90.5 Å². The molecule has 0 aromatic heterocycles. The lowest BCUT2D eigenvalue weighted by atomic mass is 9.77. The van der Waals surface area contributed by atoms with Crippen molar-refractivity contribution in [2.45, 2.75) is 64.4 Å². The third-order valence-electron chi connectivity index (χ3n) is 8.50. The predicted octanol–water partition coefficient (Wildman–Crippen LogP) is 4.28. The van der Waals surface area contributed by atoms with Crippen LogP contribution in [0.1, 0.15) is 55.7 Å². The van der Waals surface area contributed by atoms with Crippen LogP contribution < -0.4 is 20.3 Å². The van der Waals surface area contributed by atoms with E-state index in [0.29, 0.717) is 39.5 Å². The van der Waals surface area contributed by atoms with Gasteiger partial charge in [-0.2, -0.15) is 0 Å². The molecule has 9 heteroatoms. The Hall–Kier alpha value is -2.69. The zero-order chi connectivity index (χ0) is 30.7. The van der Waals surface area contributed by atoms with Crippen molar-refractivity contribution >= 4 is 11.6 Å². The molecule has 2 aromatic carbocycles. The van der Waals surface area contributed by atoms with Gasteiger partial charge in [-0.05, 0) is 48.1 Å². The van der Waals surface area contributed by atoms with Gasteiger partial charge in [0.25, 0.3) is 0 Å². The Balaban J connectivity index is 1.45. The summed E-state index contributed by atoms with van der Waals surface area (Å²) >= 11 is 0. The average molecular weight is 598 g/mol. The van der Waals surface area contributed by atoms with E-state index in [1.165, 1.54) is 5.56 Å². The first-order chi connectivity index (χ1) is 20.8. The van der Waals surface area contributed by atoms with E-state index >= 15 is 0 Å². The average Bonchev–Trinajstić information content (AvgIpc) is 3.01. The van der Waals surface area contributed by atoms with Gasteiger partial charge in [-0.3, -0.25) is 4.79 Å². The molecule has 2 N–H and O–H groups in total. The molecule has 4 rings (SSSR count). The highest BCUT2D eigenvalue weighted by Crippen LogP contribution is 2.36. The normalized spacial score (nSPS) is 20.4. The molecule has 1 amide bonds. The van der Waals surface area contributed by atoms with Crippen LogP contribution in [0.3, 0.4) is 0 Å². The summed E-state index contributed by atoms with van der Waals surface area (Å²) < 4.78 is 28.3. The Labute approximate surface area is 257 Å². The SMILES string of the molecule is COCCCN1CCOc2ccc(CO[C@H]3CN[C@H](CC(C)(C)C(=O)NCCOC)C[C@@H]3c3ccc(COC)cc3)cc21. The van der Waals surface area contributed by atoms with Crippen molar-refractivity contribution in [2.75, 3.05) is 72.2 Å². The van der Waals surface area contributed by atoms with E-state index in [1.54, 1.807) is 21.3 Å². The number of ether oxygens (including phenoxy) is 5. The van der Waals surface area contributed by atoms with Gasteiger partial charge in [0.2, 0.25) is 5.91 Å². The van der Waals surface area contributed by atoms with Crippen molar-refractivity contribution in [1.29, 1.82) is 0 Å². The number of hydrogen-bond acceptors (Lipinski definition) is 8. The van der Waals surface area contributed by atoms with E-state index in [4.69, 9.17) is 23.7 Å². The van der Waals surface area contributed by atoms with Gasteiger partial charge in [-0.25, -0.2) is 0 Å². The first kappa shape index (κ1) is 33.2. The van der Waals surface area contributed by atoms with Crippen LogP contribution in [0.5, 0.6) is 5.75 Å². The monoisotopic (exact) mass is 597 g/mol. The quantitative estimate of drug-likeness (QED) is 0.277. The van der Waals surface area contributed by atoms with Crippen molar-refractivity contribution < 1.29 is 28.5 Å². The van der Waals surface area contributed by atoms with Crippen molar-refractivity contribution in [3.8, 4) is 5.75 Å². The fraction of sp³-hybridized carbons (Fsp3) is 0.618. The van der Waals surface area contributed by atoms with Gasteiger partial charge in [-0.1, -0.05) is 44.2 Å². The van der Waals surface area contributed by atoms with Crippen LogP contribution in [-0.2, 0) is 37.0 Å². The fourth-order valence-corrected chi connectivity index (χ4v) is 6.13. The van der Waals surface area contributed by atoms with Gasteiger partial charge < -0.3 is 39.2 Å². The molecule has 0 saturated carbocycles. The second-order valence-electron chi connectivity index (χ2n) is 12.3. The number of anilines is 1. The van der Waals surface area contributed by atoms with Crippen LogP contribution in [-0.4, -0.2) is 85.4 Å². The standard InChI is InChI=1S/C34H51N3O6/c1-34(2,33(38)35-13-17-40-4)21-28-20-29(27-10-7-25(8-11-27)23-41-5)32(22-36-28)43-24-26-9-12-31-30(19-26)37(15-18-42-31)14-6-16-39-3/h7-12,19,28-29,32,36H,6,13-18,20-24H2,1-5H3,(H,35,38)/t28-,29+,32-/m0/s1. The molecule has 1 fully saturated rings. The molecule has 9 nitrogen and oxygen atoms in total. The summed E-state index contributed by atoms with van der Waals surface area (Å²) in [5.41, 5.74) is 4.15. The molecule has 43 heavy (non-hydrogen) atoms. The van der Waals surface area contributed by atoms with Gasteiger partial charge in [-0.15, -0.1) is 0 Å². The van der Waals surface area contributed by atoms with Crippen molar-refractivity contribution in [2.24, 2.45) is 5.41 Å². The van der Waals surface area contributed by atoms with Crippen LogP contribution in [0.25, 0.3) is 0 Å². The third kappa shape index (κ3) is 9.40. The summed E-state index contributed by atoms with van der Waals surface area (Å²) in [5, 5.41) is 6.72. The highest BCUT2D eigenvalue weighted by atomic mass is 16.5. The molecule has 0 aliphatic carbocycles. The molecule has 2 aliphatic heterocycles. The molecule has 3 atom stereocenters.